The van der Waals surface area contributed by atoms with Gasteiger partial charge in [0.25, 0.3) is 0 Å². The summed E-state index contributed by atoms with van der Waals surface area (Å²) in [6.07, 6.45) is 0. The summed E-state index contributed by atoms with van der Waals surface area (Å²) in [4.78, 5) is 0. The smallest absolute Gasteiger partial charge is 0.143 e. The second kappa shape index (κ2) is 10.4. The lowest BCUT2D eigenvalue weighted by molar-refractivity contribution is 0.670. The minimum absolute atomic E-state index is 0.888. The van der Waals surface area contributed by atoms with Gasteiger partial charge in [-0.1, -0.05) is 140 Å². The van der Waals surface area contributed by atoms with Crippen molar-refractivity contribution in [1.82, 2.24) is 4.57 Å². The first-order valence-corrected chi connectivity index (χ1v) is 17.2. The van der Waals surface area contributed by atoms with Crippen molar-refractivity contribution in [2.75, 3.05) is 0 Å². The zero-order valence-corrected chi connectivity index (χ0v) is 27.1. The van der Waals surface area contributed by atoms with Gasteiger partial charge >= 0.3 is 0 Å². The Morgan fingerprint density at radius 3 is 1.40 bits per heavy atom. The predicted octanol–water partition coefficient (Wildman–Crippen LogP) is 13.3. The number of hydrogen-bond acceptors (Lipinski definition) is 1. The van der Waals surface area contributed by atoms with Crippen LogP contribution in [-0.4, -0.2) is 4.57 Å². The van der Waals surface area contributed by atoms with Crippen molar-refractivity contribution in [3.8, 4) is 61.3 Å². The van der Waals surface area contributed by atoms with Crippen LogP contribution in [-0.2, 0) is 0 Å². The molecule has 0 bridgehead atoms. The van der Waals surface area contributed by atoms with Gasteiger partial charge in [-0.05, 0) is 86.5 Å². The molecule has 0 atom stereocenters. The number of rotatable bonds is 2. The van der Waals surface area contributed by atoms with E-state index in [2.05, 4.69) is 180 Å². The van der Waals surface area contributed by atoms with Crippen LogP contribution < -0.4 is 0 Å². The van der Waals surface area contributed by atoms with E-state index in [0.717, 1.165) is 38.8 Å². The molecule has 0 aliphatic heterocycles. The average Bonchev–Trinajstić information content (AvgIpc) is 3.73. The molecule has 232 valence electrons. The Balaban J connectivity index is 1.13. The summed E-state index contributed by atoms with van der Waals surface area (Å²) >= 11 is 0. The Hall–Kier alpha value is -6.64. The van der Waals surface area contributed by atoms with Gasteiger partial charge in [-0.2, -0.15) is 0 Å². The van der Waals surface area contributed by atoms with E-state index >= 15 is 0 Å². The average molecular weight is 636 g/mol. The van der Waals surface area contributed by atoms with E-state index in [1.165, 1.54) is 66.3 Å². The largest absolute Gasteiger partial charge is 0.455 e. The van der Waals surface area contributed by atoms with Crippen LogP contribution in [0, 0.1) is 0 Å². The van der Waals surface area contributed by atoms with Crippen molar-refractivity contribution < 1.29 is 4.42 Å². The molecule has 0 saturated heterocycles. The molecule has 0 saturated carbocycles. The topological polar surface area (TPSA) is 18.1 Å². The summed E-state index contributed by atoms with van der Waals surface area (Å²) in [5, 5.41) is 4.75. The highest BCUT2D eigenvalue weighted by Crippen LogP contribution is 2.49. The fourth-order valence-electron chi connectivity index (χ4n) is 8.38. The van der Waals surface area contributed by atoms with Gasteiger partial charge < -0.3 is 8.98 Å². The summed E-state index contributed by atoms with van der Waals surface area (Å²) in [6.45, 7) is 0. The summed E-state index contributed by atoms with van der Waals surface area (Å²) < 4.78 is 9.11. The number of benzene rings is 8. The highest BCUT2D eigenvalue weighted by Gasteiger charge is 2.23. The van der Waals surface area contributed by atoms with E-state index in [4.69, 9.17) is 4.42 Å². The second-order valence-electron chi connectivity index (χ2n) is 13.2. The maximum atomic E-state index is 6.74. The molecule has 1 aliphatic carbocycles. The van der Waals surface area contributed by atoms with Crippen LogP contribution in [0.4, 0.5) is 0 Å². The quantitative estimate of drug-likeness (QED) is 0.185. The molecule has 0 amide bonds. The van der Waals surface area contributed by atoms with Crippen molar-refractivity contribution in [2.45, 2.75) is 0 Å². The fraction of sp³-hybridized carbons (Fsp3) is 0. The maximum Gasteiger partial charge on any atom is 0.143 e. The zero-order chi connectivity index (χ0) is 32.8. The lowest BCUT2D eigenvalue weighted by atomic mass is 9.80. The Labute approximate surface area is 289 Å². The number of aromatic nitrogens is 1. The van der Waals surface area contributed by atoms with Crippen molar-refractivity contribution in [3.05, 3.63) is 176 Å². The molecular formula is C48H29NO. The molecule has 0 unspecified atom stereocenters. The van der Waals surface area contributed by atoms with Crippen LogP contribution >= 0.6 is 0 Å². The molecule has 0 N–H and O–H groups in total. The van der Waals surface area contributed by atoms with Crippen molar-refractivity contribution >= 4 is 43.7 Å². The summed E-state index contributed by atoms with van der Waals surface area (Å²) in [6, 6.07) is 63.8. The van der Waals surface area contributed by atoms with Crippen LogP contribution in [0.15, 0.2) is 180 Å². The SMILES string of the molecule is c1ccc2c(c1)-c1ccccc1-c1ccc(-c3cccc4c3oc3ccc(-n5c6ccccc6c6ccccc65)cc34)cc1-c1ccccc1-2. The van der Waals surface area contributed by atoms with E-state index in [9.17, 15) is 0 Å². The summed E-state index contributed by atoms with van der Waals surface area (Å²) in [5.74, 6) is 0. The first-order valence-electron chi connectivity index (χ1n) is 17.2. The molecule has 2 aromatic heterocycles. The van der Waals surface area contributed by atoms with Gasteiger partial charge in [-0.15, -0.1) is 0 Å². The third-order valence-electron chi connectivity index (χ3n) is 10.6. The summed E-state index contributed by atoms with van der Waals surface area (Å²) in [5.41, 5.74) is 17.5. The highest BCUT2D eigenvalue weighted by molar-refractivity contribution is 6.13. The van der Waals surface area contributed by atoms with Crippen LogP contribution in [0.1, 0.15) is 0 Å². The Morgan fingerprint density at radius 2 is 0.800 bits per heavy atom. The second-order valence-corrected chi connectivity index (χ2v) is 13.2. The van der Waals surface area contributed by atoms with Gasteiger partial charge in [-0.25, -0.2) is 0 Å². The van der Waals surface area contributed by atoms with E-state index in [0.29, 0.717) is 0 Å². The van der Waals surface area contributed by atoms with Gasteiger partial charge in [0.05, 0.1) is 11.0 Å². The number of para-hydroxylation sites is 3. The van der Waals surface area contributed by atoms with Crippen LogP contribution in [0.2, 0.25) is 0 Å². The molecule has 0 radical (unpaired) electrons. The minimum atomic E-state index is 0.888. The molecule has 2 nitrogen and oxygen atoms in total. The maximum absolute atomic E-state index is 6.74. The number of nitrogens with zero attached hydrogens (tertiary/aromatic N) is 1. The third-order valence-corrected chi connectivity index (χ3v) is 10.6. The van der Waals surface area contributed by atoms with Gasteiger partial charge in [0.2, 0.25) is 0 Å². The Kier molecular flexibility index (Phi) is 5.70. The summed E-state index contributed by atoms with van der Waals surface area (Å²) in [7, 11) is 0. The number of hydrogen-bond donors (Lipinski definition) is 0. The van der Waals surface area contributed by atoms with Crippen molar-refractivity contribution in [2.24, 2.45) is 0 Å². The van der Waals surface area contributed by atoms with Gasteiger partial charge in [0.1, 0.15) is 11.2 Å². The monoisotopic (exact) mass is 635 g/mol. The fourth-order valence-corrected chi connectivity index (χ4v) is 8.38. The minimum Gasteiger partial charge on any atom is -0.455 e. The first kappa shape index (κ1) is 27.3. The van der Waals surface area contributed by atoms with Crippen LogP contribution in [0.5, 0.6) is 0 Å². The predicted molar refractivity (Wildman–Crippen MR) is 209 cm³/mol. The molecule has 1 aliphatic rings. The molecule has 0 fully saturated rings. The molecular weight excluding hydrogens is 607 g/mol. The Bertz CT molecular complexity index is 2930. The van der Waals surface area contributed by atoms with E-state index < -0.39 is 0 Å². The van der Waals surface area contributed by atoms with Gasteiger partial charge in [0.15, 0.2) is 0 Å². The standard InChI is InChI=1S/C48H29NO/c1-2-13-34-33(12-1)35-14-3-4-16-37(35)39-26-24-30(28-43(39)38-17-6-5-15-36(34)38)32-20-11-21-42-44-29-31(25-27-47(44)50-48(32)42)49-45-22-9-7-18-40(45)41-19-8-10-23-46(41)49/h1-29H. The van der Waals surface area contributed by atoms with Gasteiger partial charge in [0, 0.05) is 32.8 Å². The molecule has 8 aromatic carbocycles. The van der Waals surface area contributed by atoms with Crippen LogP contribution in [0.25, 0.3) is 105 Å². The van der Waals surface area contributed by atoms with E-state index in [-0.39, 0.29) is 0 Å². The normalized spacial score (nSPS) is 12.0. The Morgan fingerprint density at radius 1 is 0.320 bits per heavy atom. The van der Waals surface area contributed by atoms with Gasteiger partial charge in [-0.3, -0.25) is 0 Å². The van der Waals surface area contributed by atoms with Crippen molar-refractivity contribution in [3.63, 3.8) is 0 Å². The zero-order valence-electron chi connectivity index (χ0n) is 27.1. The molecule has 2 heteroatoms. The number of fused-ring (bicyclic) bond motifs is 14. The van der Waals surface area contributed by atoms with Crippen molar-refractivity contribution in [1.29, 1.82) is 0 Å². The van der Waals surface area contributed by atoms with Crippen LogP contribution in [0.3, 0.4) is 0 Å². The third kappa shape index (κ3) is 3.85. The lowest BCUT2D eigenvalue weighted by Crippen LogP contribution is -1.97. The highest BCUT2D eigenvalue weighted by atomic mass is 16.3. The number of furan rings is 1. The molecule has 50 heavy (non-hydrogen) atoms. The molecule has 11 rings (SSSR count). The first-order chi connectivity index (χ1) is 24.8. The molecule has 0 spiro atoms. The van der Waals surface area contributed by atoms with E-state index in [1.807, 2.05) is 0 Å². The lowest BCUT2D eigenvalue weighted by Gasteiger charge is -2.23. The molecule has 10 aromatic rings. The van der Waals surface area contributed by atoms with E-state index in [1.54, 1.807) is 0 Å². The molecule has 2 heterocycles.